The van der Waals surface area contributed by atoms with Gasteiger partial charge in [-0.2, -0.15) is 11.8 Å². The Morgan fingerprint density at radius 3 is 2.90 bits per heavy atom. The molecule has 0 aliphatic carbocycles. The van der Waals surface area contributed by atoms with Crippen LogP contribution in [-0.4, -0.2) is 28.8 Å². The van der Waals surface area contributed by atoms with Gasteiger partial charge in [0.2, 0.25) is 0 Å². The van der Waals surface area contributed by atoms with E-state index in [1.807, 2.05) is 11.8 Å². The molecule has 1 spiro atoms. The summed E-state index contributed by atoms with van der Waals surface area (Å²) in [5, 5.41) is 11.1. The maximum Gasteiger partial charge on any atom is 0.129 e. The number of hydrogen-bond donors (Lipinski definition) is 1. The Hall–Kier alpha value is -0.290. The molecule has 5 heteroatoms. The fourth-order valence-electron chi connectivity index (χ4n) is 3.42. The first kappa shape index (κ1) is 15.6. The number of thioether (sulfide) groups is 1. The van der Waals surface area contributed by atoms with E-state index in [1.54, 1.807) is 6.07 Å². The van der Waals surface area contributed by atoms with Crippen molar-refractivity contribution in [3.63, 3.8) is 0 Å². The molecule has 2 saturated heterocycles. The second kappa shape index (κ2) is 6.45. The van der Waals surface area contributed by atoms with E-state index in [0.717, 1.165) is 37.2 Å². The van der Waals surface area contributed by atoms with Gasteiger partial charge in [0.05, 0.1) is 11.7 Å². The van der Waals surface area contributed by atoms with Crippen molar-refractivity contribution in [2.75, 3.05) is 18.1 Å². The molecule has 1 N–H and O–H groups in total. The first-order chi connectivity index (χ1) is 10.1. The largest absolute Gasteiger partial charge is 0.388 e. The van der Waals surface area contributed by atoms with Gasteiger partial charge in [-0.3, -0.25) is 0 Å². The average molecular weight is 331 g/mol. The molecular weight excluding hydrogens is 311 g/mol. The summed E-state index contributed by atoms with van der Waals surface area (Å²) < 4.78 is 20.0. The Kier molecular flexibility index (Phi) is 4.79. The molecule has 0 amide bonds. The molecule has 1 aromatic carbocycles. The van der Waals surface area contributed by atoms with Crippen LogP contribution in [0.15, 0.2) is 18.2 Å². The van der Waals surface area contributed by atoms with Gasteiger partial charge in [-0.15, -0.1) is 0 Å². The van der Waals surface area contributed by atoms with E-state index in [1.165, 1.54) is 12.1 Å². The summed E-state index contributed by atoms with van der Waals surface area (Å²) in [6.07, 6.45) is 2.82. The van der Waals surface area contributed by atoms with Crippen LogP contribution in [0, 0.1) is 11.7 Å². The quantitative estimate of drug-likeness (QED) is 0.881. The van der Waals surface area contributed by atoms with Crippen molar-refractivity contribution in [1.82, 2.24) is 0 Å². The molecule has 2 aliphatic rings. The predicted octanol–water partition coefficient (Wildman–Crippen LogP) is 4.20. The van der Waals surface area contributed by atoms with Crippen LogP contribution in [0.3, 0.4) is 0 Å². The highest BCUT2D eigenvalue weighted by molar-refractivity contribution is 7.99. The Balaban J connectivity index is 1.77. The standard InChI is InChI=1S/C16H20ClFO2S/c17-12-1-2-14(18)13(9-12)15(19)11-3-6-20-16(10-11)4-7-21-8-5-16/h1-2,9,11,15,19H,3-8,10H2. The van der Waals surface area contributed by atoms with Crippen molar-refractivity contribution in [2.24, 2.45) is 5.92 Å². The maximum atomic E-state index is 14.0. The molecule has 2 unspecified atom stereocenters. The molecule has 2 fully saturated rings. The Labute approximate surface area is 134 Å². The zero-order chi connectivity index (χ0) is 14.9. The summed E-state index contributed by atoms with van der Waals surface area (Å²) in [5.74, 6) is 1.87. The van der Waals surface area contributed by atoms with Gasteiger partial charge in [0.25, 0.3) is 0 Å². The lowest BCUT2D eigenvalue weighted by Gasteiger charge is -2.44. The normalized spacial score (nSPS) is 26.7. The number of aliphatic hydroxyl groups excluding tert-OH is 1. The summed E-state index contributed by atoms with van der Waals surface area (Å²) in [6, 6.07) is 4.38. The second-order valence-corrected chi connectivity index (χ2v) is 7.67. The molecule has 0 bridgehead atoms. The minimum atomic E-state index is -0.806. The molecule has 2 heterocycles. The number of halogens is 2. The van der Waals surface area contributed by atoms with E-state index in [9.17, 15) is 9.50 Å². The van der Waals surface area contributed by atoms with Gasteiger partial charge in [0.15, 0.2) is 0 Å². The van der Waals surface area contributed by atoms with Crippen LogP contribution < -0.4 is 0 Å². The average Bonchev–Trinajstić information content (AvgIpc) is 2.50. The van der Waals surface area contributed by atoms with E-state index >= 15 is 0 Å². The molecule has 3 rings (SSSR count). The Morgan fingerprint density at radius 2 is 2.14 bits per heavy atom. The summed E-state index contributed by atoms with van der Waals surface area (Å²) >= 11 is 7.89. The number of rotatable bonds is 2. The van der Waals surface area contributed by atoms with E-state index < -0.39 is 6.10 Å². The lowest BCUT2D eigenvalue weighted by Crippen LogP contribution is -2.44. The van der Waals surface area contributed by atoms with Crippen LogP contribution in [0.25, 0.3) is 0 Å². The van der Waals surface area contributed by atoms with Gasteiger partial charge in [-0.05, 0) is 61.3 Å². The molecule has 2 aliphatic heterocycles. The molecule has 2 nitrogen and oxygen atoms in total. The molecule has 1 aromatic rings. The summed E-state index contributed by atoms with van der Waals surface area (Å²) in [4.78, 5) is 0. The highest BCUT2D eigenvalue weighted by Gasteiger charge is 2.41. The van der Waals surface area contributed by atoms with Crippen LogP contribution >= 0.6 is 23.4 Å². The number of aliphatic hydroxyl groups is 1. The smallest absolute Gasteiger partial charge is 0.129 e. The van der Waals surface area contributed by atoms with Gasteiger partial charge < -0.3 is 9.84 Å². The van der Waals surface area contributed by atoms with E-state index in [4.69, 9.17) is 16.3 Å². The third-order valence-corrected chi connectivity index (χ3v) is 5.88. The van der Waals surface area contributed by atoms with Gasteiger partial charge in [0.1, 0.15) is 5.82 Å². The lowest BCUT2D eigenvalue weighted by atomic mass is 9.78. The predicted molar refractivity (Wildman–Crippen MR) is 84.3 cm³/mol. The third-order valence-electron chi connectivity index (χ3n) is 4.66. The van der Waals surface area contributed by atoms with Gasteiger partial charge in [-0.25, -0.2) is 4.39 Å². The van der Waals surface area contributed by atoms with Crippen molar-refractivity contribution in [3.8, 4) is 0 Å². The zero-order valence-electron chi connectivity index (χ0n) is 11.9. The summed E-state index contributed by atoms with van der Waals surface area (Å²) in [7, 11) is 0. The van der Waals surface area contributed by atoms with Crippen molar-refractivity contribution in [1.29, 1.82) is 0 Å². The first-order valence-corrected chi connectivity index (χ1v) is 8.98. The first-order valence-electron chi connectivity index (χ1n) is 7.44. The highest BCUT2D eigenvalue weighted by atomic mass is 35.5. The van der Waals surface area contributed by atoms with Gasteiger partial charge in [-0.1, -0.05) is 11.6 Å². The molecule has 0 saturated carbocycles. The zero-order valence-corrected chi connectivity index (χ0v) is 13.4. The van der Waals surface area contributed by atoms with Crippen molar-refractivity contribution in [3.05, 3.63) is 34.6 Å². The summed E-state index contributed by atoms with van der Waals surface area (Å²) in [5.41, 5.74) is 0.208. The Morgan fingerprint density at radius 1 is 1.38 bits per heavy atom. The molecule has 21 heavy (non-hydrogen) atoms. The molecule has 116 valence electrons. The molecule has 0 aromatic heterocycles. The highest BCUT2D eigenvalue weighted by Crippen LogP contribution is 2.44. The van der Waals surface area contributed by atoms with Crippen LogP contribution in [0.4, 0.5) is 4.39 Å². The van der Waals surface area contributed by atoms with Crippen molar-refractivity contribution >= 4 is 23.4 Å². The van der Waals surface area contributed by atoms with Crippen LogP contribution in [0.2, 0.25) is 5.02 Å². The summed E-state index contributed by atoms with van der Waals surface area (Å²) in [6.45, 7) is 0.647. The third kappa shape index (κ3) is 3.39. The SMILES string of the molecule is OC(c1cc(Cl)ccc1F)C1CCOC2(CCSCC2)C1. The van der Waals surface area contributed by atoms with Gasteiger partial charge in [0, 0.05) is 17.2 Å². The van der Waals surface area contributed by atoms with Crippen LogP contribution in [-0.2, 0) is 4.74 Å². The monoisotopic (exact) mass is 330 g/mol. The molecule has 2 atom stereocenters. The number of hydrogen-bond acceptors (Lipinski definition) is 3. The fraction of sp³-hybridized carbons (Fsp3) is 0.625. The van der Waals surface area contributed by atoms with Crippen molar-refractivity contribution < 1.29 is 14.2 Å². The maximum absolute atomic E-state index is 14.0. The minimum Gasteiger partial charge on any atom is -0.388 e. The Bertz CT molecular complexity index is 500. The van der Waals surface area contributed by atoms with E-state index in [2.05, 4.69) is 0 Å². The lowest BCUT2D eigenvalue weighted by molar-refractivity contribution is -0.121. The second-order valence-electron chi connectivity index (χ2n) is 6.01. The minimum absolute atomic E-state index is 0.0369. The van der Waals surface area contributed by atoms with E-state index in [0.29, 0.717) is 17.2 Å². The fourth-order valence-corrected chi connectivity index (χ4v) is 4.84. The van der Waals surface area contributed by atoms with E-state index in [-0.39, 0.29) is 17.3 Å². The molecular formula is C16H20ClFO2S. The van der Waals surface area contributed by atoms with Crippen LogP contribution in [0.1, 0.15) is 37.4 Å². The van der Waals surface area contributed by atoms with Crippen molar-refractivity contribution in [2.45, 2.75) is 37.4 Å². The van der Waals surface area contributed by atoms with Gasteiger partial charge >= 0.3 is 0 Å². The topological polar surface area (TPSA) is 29.5 Å². The molecule has 0 radical (unpaired) electrons. The number of benzene rings is 1. The number of ether oxygens (including phenoxy) is 1. The van der Waals surface area contributed by atoms with Crippen LogP contribution in [0.5, 0.6) is 0 Å².